The van der Waals surface area contributed by atoms with Gasteiger partial charge in [0.2, 0.25) is 5.96 Å². The summed E-state index contributed by atoms with van der Waals surface area (Å²) in [5.74, 6) is 0.722. The van der Waals surface area contributed by atoms with Crippen LogP contribution in [0.1, 0.15) is 60.8 Å². The van der Waals surface area contributed by atoms with Crippen LogP contribution in [0.2, 0.25) is 0 Å². The number of carbonyl (C=O) groups is 2. The average molecular weight is 370 g/mol. The molecule has 1 aliphatic rings. The Labute approximate surface area is 156 Å². The maximum absolute atomic E-state index is 12.1. The summed E-state index contributed by atoms with van der Waals surface area (Å²) in [5, 5.41) is 2.60. The highest BCUT2D eigenvalue weighted by atomic mass is 16.6. The molecule has 0 saturated carbocycles. The first-order valence-electron chi connectivity index (χ1n) is 9.16. The van der Waals surface area contributed by atoms with Crippen LogP contribution in [0, 0.1) is 5.92 Å². The zero-order valence-electron chi connectivity index (χ0n) is 16.9. The van der Waals surface area contributed by atoms with Crippen molar-refractivity contribution in [2.75, 3.05) is 19.6 Å². The van der Waals surface area contributed by atoms with Crippen LogP contribution in [-0.2, 0) is 9.47 Å². The number of likely N-dealkylation sites (tertiary alicyclic amines) is 1. The summed E-state index contributed by atoms with van der Waals surface area (Å²) in [6.45, 7) is 12.6. The lowest BCUT2D eigenvalue weighted by Crippen LogP contribution is -2.49. The number of amides is 2. The molecule has 26 heavy (non-hydrogen) atoms. The number of nitrogens with zero attached hydrogens (tertiary/aromatic N) is 2. The average Bonchev–Trinajstić information content (AvgIpc) is 2.43. The van der Waals surface area contributed by atoms with Crippen molar-refractivity contribution in [1.82, 2.24) is 10.2 Å². The second-order valence-electron chi connectivity index (χ2n) is 8.55. The zero-order chi connectivity index (χ0) is 20.0. The zero-order valence-corrected chi connectivity index (χ0v) is 16.9. The summed E-state index contributed by atoms with van der Waals surface area (Å²) in [7, 11) is 0. The molecule has 0 aliphatic carbocycles. The summed E-state index contributed by atoms with van der Waals surface area (Å²) in [4.78, 5) is 30.1. The van der Waals surface area contributed by atoms with Crippen molar-refractivity contribution in [2.45, 2.75) is 72.0 Å². The van der Waals surface area contributed by atoms with E-state index in [9.17, 15) is 9.59 Å². The van der Waals surface area contributed by atoms with Gasteiger partial charge in [-0.3, -0.25) is 5.32 Å². The highest BCUT2D eigenvalue weighted by Gasteiger charge is 2.26. The van der Waals surface area contributed by atoms with Crippen LogP contribution in [0.4, 0.5) is 9.59 Å². The summed E-state index contributed by atoms with van der Waals surface area (Å²) in [6, 6.07) is 0. The summed E-state index contributed by atoms with van der Waals surface area (Å²) in [5.41, 5.74) is 4.33. The third kappa shape index (κ3) is 9.03. The first kappa shape index (κ1) is 22.2. The summed E-state index contributed by atoms with van der Waals surface area (Å²) < 4.78 is 10.5. The molecule has 0 spiro atoms. The van der Waals surface area contributed by atoms with Gasteiger partial charge in [-0.25, -0.2) is 9.59 Å². The minimum atomic E-state index is -0.743. The van der Waals surface area contributed by atoms with Crippen molar-refractivity contribution in [3.05, 3.63) is 0 Å². The van der Waals surface area contributed by atoms with Gasteiger partial charge in [0.1, 0.15) is 11.2 Å². The standard InChI is InChI=1S/C18H34N4O4/c1-17(2,3)25-15(23)20-14(21-16(24)26-18(4,5)6)22-11-8-13(7-10-19)9-12-22/h13H,7-12,19H2,1-6H3,(H,20,21,23,24). The molecular formula is C18H34N4O4. The number of nitrogens with two attached hydrogens (primary N) is 1. The van der Waals surface area contributed by atoms with E-state index in [0.29, 0.717) is 25.6 Å². The third-order valence-corrected chi connectivity index (χ3v) is 3.69. The van der Waals surface area contributed by atoms with E-state index < -0.39 is 23.4 Å². The Kier molecular flexibility index (Phi) is 7.87. The molecule has 0 bridgehead atoms. The first-order chi connectivity index (χ1) is 11.9. The number of alkyl carbamates (subject to hydrolysis) is 1. The van der Waals surface area contributed by atoms with Crippen LogP contribution >= 0.6 is 0 Å². The Hall–Kier alpha value is -1.83. The molecule has 0 aromatic heterocycles. The molecule has 1 saturated heterocycles. The van der Waals surface area contributed by atoms with Crippen LogP contribution in [-0.4, -0.2) is 53.9 Å². The monoisotopic (exact) mass is 370 g/mol. The Bertz CT molecular complexity index is 512. The smallest absolute Gasteiger partial charge is 0.437 e. The quantitative estimate of drug-likeness (QED) is 0.572. The highest BCUT2D eigenvalue weighted by molar-refractivity contribution is 5.98. The lowest BCUT2D eigenvalue weighted by molar-refractivity contribution is 0.0552. The summed E-state index contributed by atoms with van der Waals surface area (Å²) in [6.07, 6.45) is 1.45. The van der Waals surface area contributed by atoms with E-state index in [1.165, 1.54) is 0 Å². The van der Waals surface area contributed by atoms with Gasteiger partial charge in [-0.1, -0.05) is 0 Å². The number of carbonyl (C=O) groups excluding carboxylic acids is 2. The van der Waals surface area contributed by atoms with Gasteiger partial charge in [-0.15, -0.1) is 4.99 Å². The fourth-order valence-electron chi connectivity index (χ4n) is 2.61. The SMILES string of the molecule is CC(C)(C)OC(=O)N=C(NC(=O)OC(C)(C)C)N1CCC(CCN)CC1. The molecule has 3 N–H and O–H groups in total. The van der Waals surface area contributed by atoms with E-state index in [2.05, 4.69) is 10.3 Å². The molecule has 2 amide bonds. The molecule has 8 heteroatoms. The normalized spacial score (nSPS) is 17.0. The van der Waals surface area contributed by atoms with Crippen LogP contribution < -0.4 is 11.1 Å². The number of nitrogens with one attached hydrogen (secondary N) is 1. The van der Waals surface area contributed by atoms with Crippen LogP contribution in [0.25, 0.3) is 0 Å². The Morgan fingerprint density at radius 2 is 1.62 bits per heavy atom. The lowest BCUT2D eigenvalue weighted by atomic mass is 9.94. The van der Waals surface area contributed by atoms with Crippen molar-refractivity contribution in [3.63, 3.8) is 0 Å². The maximum atomic E-state index is 12.1. The van der Waals surface area contributed by atoms with Crippen molar-refractivity contribution in [3.8, 4) is 0 Å². The fourth-order valence-corrected chi connectivity index (χ4v) is 2.61. The highest BCUT2D eigenvalue weighted by Crippen LogP contribution is 2.20. The number of hydrogen-bond donors (Lipinski definition) is 2. The van der Waals surface area contributed by atoms with E-state index in [0.717, 1.165) is 19.3 Å². The van der Waals surface area contributed by atoms with Crippen LogP contribution in [0.15, 0.2) is 4.99 Å². The van der Waals surface area contributed by atoms with E-state index >= 15 is 0 Å². The molecule has 0 unspecified atom stereocenters. The van der Waals surface area contributed by atoms with Gasteiger partial charge in [-0.2, -0.15) is 0 Å². The number of piperidine rings is 1. The number of ether oxygens (including phenoxy) is 2. The van der Waals surface area contributed by atoms with Gasteiger partial charge < -0.3 is 20.1 Å². The number of guanidine groups is 1. The van der Waals surface area contributed by atoms with Gasteiger partial charge in [0.05, 0.1) is 0 Å². The second-order valence-corrected chi connectivity index (χ2v) is 8.55. The van der Waals surface area contributed by atoms with E-state index in [1.807, 2.05) is 4.90 Å². The van der Waals surface area contributed by atoms with Crippen molar-refractivity contribution in [1.29, 1.82) is 0 Å². The van der Waals surface area contributed by atoms with Crippen molar-refractivity contribution < 1.29 is 19.1 Å². The van der Waals surface area contributed by atoms with Gasteiger partial charge in [0.15, 0.2) is 0 Å². The van der Waals surface area contributed by atoms with Gasteiger partial charge in [-0.05, 0) is 73.3 Å². The number of aliphatic imine (C=N–C) groups is 1. The van der Waals surface area contributed by atoms with Gasteiger partial charge >= 0.3 is 12.2 Å². The maximum Gasteiger partial charge on any atom is 0.437 e. The minimum Gasteiger partial charge on any atom is -0.444 e. The third-order valence-electron chi connectivity index (χ3n) is 3.69. The molecule has 0 aromatic rings. The molecule has 0 radical (unpaired) electrons. The second kappa shape index (κ2) is 9.21. The Morgan fingerprint density at radius 3 is 2.08 bits per heavy atom. The molecular weight excluding hydrogens is 336 g/mol. The Balaban J connectivity index is 2.85. The predicted molar refractivity (Wildman–Crippen MR) is 101 cm³/mol. The van der Waals surface area contributed by atoms with Crippen LogP contribution in [0.3, 0.4) is 0 Å². The predicted octanol–water partition coefficient (Wildman–Crippen LogP) is 2.86. The minimum absolute atomic E-state index is 0.166. The van der Waals surface area contributed by atoms with E-state index in [-0.39, 0.29) is 5.96 Å². The Morgan fingerprint density at radius 1 is 1.08 bits per heavy atom. The molecule has 0 atom stereocenters. The largest absolute Gasteiger partial charge is 0.444 e. The topological polar surface area (TPSA) is 106 Å². The molecule has 1 heterocycles. The van der Waals surface area contributed by atoms with E-state index in [4.69, 9.17) is 15.2 Å². The van der Waals surface area contributed by atoms with Crippen LogP contribution in [0.5, 0.6) is 0 Å². The van der Waals surface area contributed by atoms with E-state index in [1.54, 1.807) is 41.5 Å². The molecule has 150 valence electrons. The molecule has 1 aliphatic heterocycles. The van der Waals surface area contributed by atoms with Crippen molar-refractivity contribution >= 4 is 18.1 Å². The van der Waals surface area contributed by atoms with Gasteiger partial charge in [0.25, 0.3) is 0 Å². The molecule has 0 aromatic carbocycles. The summed E-state index contributed by atoms with van der Waals surface area (Å²) >= 11 is 0. The number of rotatable bonds is 2. The lowest BCUT2D eigenvalue weighted by Gasteiger charge is -2.34. The van der Waals surface area contributed by atoms with Gasteiger partial charge in [0, 0.05) is 13.1 Å². The molecule has 8 nitrogen and oxygen atoms in total. The molecule has 1 fully saturated rings. The fraction of sp³-hybridized carbons (Fsp3) is 0.833. The first-order valence-corrected chi connectivity index (χ1v) is 9.16. The van der Waals surface area contributed by atoms with Crippen molar-refractivity contribution in [2.24, 2.45) is 16.6 Å². The molecule has 1 rings (SSSR count). The number of hydrogen-bond acceptors (Lipinski definition) is 5.